The van der Waals surface area contributed by atoms with Gasteiger partial charge in [-0.3, -0.25) is 4.79 Å². The molecule has 1 rings (SSSR count). The number of hydrogen-bond donors (Lipinski definition) is 1. The number of carbonyl (C=O) groups is 1. The lowest BCUT2D eigenvalue weighted by molar-refractivity contribution is 0.0954. The third kappa shape index (κ3) is 3.43. The van der Waals surface area contributed by atoms with E-state index in [1.807, 2.05) is 32.0 Å². The Labute approximate surface area is 97.1 Å². The Morgan fingerprint density at radius 3 is 2.75 bits per heavy atom. The van der Waals surface area contributed by atoms with Crippen molar-refractivity contribution < 1.29 is 4.79 Å². The maximum Gasteiger partial charge on any atom is 0.251 e. The molecule has 0 aliphatic heterocycles. The maximum atomic E-state index is 11.8. The Hall–Kier alpha value is -1.75. The smallest absolute Gasteiger partial charge is 0.251 e. The van der Waals surface area contributed by atoms with Crippen molar-refractivity contribution in [1.82, 2.24) is 5.32 Å². The molecule has 16 heavy (non-hydrogen) atoms. The van der Waals surface area contributed by atoms with Gasteiger partial charge in [-0.05, 0) is 32.4 Å². The van der Waals surface area contributed by atoms with Crippen LogP contribution in [0, 0.1) is 25.7 Å². The first-order valence-corrected chi connectivity index (χ1v) is 5.40. The third-order valence-electron chi connectivity index (χ3n) is 2.34. The lowest BCUT2D eigenvalue weighted by Crippen LogP contribution is -2.24. The second-order valence-electron chi connectivity index (χ2n) is 3.75. The minimum absolute atomic E-state index is 0.0181. The highest BCUT2D eigenvalue weighted by Gasteiger charge is 2.07. The van der Waals surface area contributed by atoms with Gasteiger partial charge in [0.05, 0.1) is 0 Å². The van der Waals surface area contributed by atoms with Crippen molar-refractivity contribution in [3.8, 4) is 11.8 Å². The van der Waals surface area contributed by atoms with Crippen LogP contribution >= 0.6 is 0 Å². The first-order valence-electron chi connectivity index (χ1n) is 5.40. The van der Waals surface area contributed by atoms with Crippen molar-refractivity contribution in [1.29, 1.82) is 0 Å². The summed E-state index contributed by atoms with van der Waals surface area (Å²) in [4.78, 5) is 11.8. The van der Waals surface area contributed by atoms with Gasteiger partial charge in [0, 0.05) is 18.5 Å². The molecule has 0 unspecified atom stereocenters. The van der Waals surface area contributed by atoms with E-state index in [0.29, 0.717) is 13.0 Å². The van der Waals surface area contributed by atoms with Crippen LogP contribution in [-0.4, -0.2) is 12.5 Å². The molecule has 0 aliphatic carbocycles. The summed E-state index contributed by atoms with van der Waals surface area (Å²) in [7, 11) is 0. The van der Waals surface area contributed by atoms with E-state index in [9.17, 15) is 4.79 Å². The van der Waals surface area contributed by atoms with Crippen LogP contribution in [0.5, 0.6) is 0 Å². The molecule has 2 heteroatoms. The van der Waals surface area contributed by atoms with Crippen molar-refractivity contribution >= 4 is 5.91 Å². The van der Waals surface area contributed by atoms with Crippen LogP contribution in [0.4, 0.5) is 0 Å². The Bertz CT molecular complexity index is 438. The monoisotopic (exact) mass is 215 g/mol. The summed E-state index contributed by atoms with van der Waals surface area (Å²) in [5.41, 5.74) is 2.93. The predicted molar refractivity (Wildman–Crippen MR) is 66.3 cm³/mol. The molecular weight excluding hydrogens is 198 g/mol. The molecule has 0 bridgehead atoms. The Morgan fingerprint density at radius 1 is 1.38 bits per heavy atom. The zero-order valence-electron chi connectivity index (χ0n) is 10.1. The number of amides is 1. The molecule has 0 atom stereocenters. The fourth-order valence-electron chi connectivity index (χ4n) is 1.53. The summed E-state index contributed by atoms with van der Waals surface area (Å²) < 4.78 is 0. The molecule has 0 radical (unpaired) electrons. The maximum absolute atomic E-state index is 11.8. The van der Waals surface area contributed by atoms with Gasteiger partial charge in [0.25, 0.3) is 5.91 Å². The molecule has 1 aromatic carbocycles. The van der Waals surface area contributed by atoms with E-state index < -0.39 is 0 Å². The number of aryl methyl sites for hydroxylation is 2. The van der Waals surface area contributed by atoms with E-state index in [0.717, 1.165) is 11.1 Å². The van der Waals surface area contributed by atoms with Crippen LogP contribution in [0.2, 0.25) is 0 Å². The molecule has 0 heterocycles. The van der Waals surface area contributed by atoms with Crippen molar-refractivity contribution in [3.05, 3.63) is 34.9 Å². The van der Waals surface area contributed by atoms with Crippen molar-refractivity contribution in [2.24, 2.45) is 0 Å². The molecule has 0 fully saturated rings. The van der Waals surface area contributed by atoms with Crippen molar-refractivity contribution in [2.45, 2.75) is 27.2 Å². The highest BCUT2D eigenvalue weighted by molar-refractivity contribution is 5.95. The summed E-state index contributed by atoms with van der Waals surface area (Å²) in [6, 6.07) is 5.83. The molecule has 1 N–H and O–H groups in total. The van der Waals surface area contributed by atoms with E-state index in [-0.39, 0.29) is 5.91 Å². The summed E-state index contributed by atoms with van der Waals surface area (Å²) >= 11 is 0. The summed E-state index contributed by atoms with van der Waals surface area (Å²) in [5, 5.41) is 2.85. The van der Waals surface area contributed by atoms with Crippen LogP contribution in [0.1, 0.15) is 34.8 Å². The summed E-state index contributed by atoms with van der Waals surface area (Å²) in [5.74, 6) is 5.69. The lowest BCUT2D eigenvalue weighted by Gasteiger charge is -2.06. The molecule has 2 nitrogen and oxygen atoms in total. The molecule has 0 spiro atoms. The summed E-state index contributed by atoms with van der Waals surface area (Å²) in [6.45, 7) is 6.37. The zero-order chi connectivity index (χ0) is 12.0. The second-order valence-corrected chi connectivity index (χ2v) is 3.75. The highest BCUT2D eigenvalue weighted by atomic mass is 16.1. The van der Waals surface area contributed by atoms with Crippen LogP contribution < -0.4 is 5.32 Å². The van der Waals surface area contributed by atoms with Gasteiger partial charge >= 0.3 is 0 Å². The quantitative estimate of drug-likeness (QED) is 0.609. The van der Waals surface area contributed by atoms with Crippen molar-refractivity contribution in [2.75, 3.05) is 6.54 Å². The minimum Gasteiger partial charge on any atom is -0.351 e. The predicted octanol–water partition coefficient (Wildman–Crippen LogP) is 2.45. The van der Waals surface area contributed by atoms with Crippen LogP contribution in [0.15, 0.2) is 18.2 Å². The Kier molecular flexibility index (Phi) is 4.60. The molecule has 0 saturated heterocycles. The zero-order valence-corrected chi connectivity index (χ0v) is 10.1. The Morgan fingerprint density at radius 2 is 2.12 bits per heavy atom. The van der Waals surface area contributed by atoms with Gasteiger partial charge < -0.3 is 5.32 Å². The van der Waals surface area contributed by atoms with Crippen LogP contribution in [0.25, 0.3) is 0 Å². The Balaban J connectivity index is 2.61. The fraction of sp³-hybridized carbons (Fsp3) is 0.357. The normalized spacial score (nSPS) is 9.19. The number of rotatable bonds is 3. The van der Waals surface area contributed by atoms with E-state index >= 15 is 0 Å². The van der Waals surface area contributed by atoms with Gasteiger partial charge in [-0.2, -0.15) is 0 Å². The molecule has 0 saturated carbocycles. The minimum atomic E-state index is -0.0181. The van der Waals surface area contributed by atoms with Gasteiger partial charge in [-0.1, -0.05) is 17.7 Å². The SMILES string of the molecule is CC#CCCNC(=O)c1ccc(C)cc1C. The van der Waals surface area contributed by atoms with Gasteiger partial charge in [0.15, 0.2) is 0 Å². The molecule has 0 aliphatic rings. The van der Waals surface area contributed by atoms with Gasteiger partial charge in [-0.15, -0.1) is 11.8 Å². The first kappa shape index (κ1) is 12.3. The van der Waals surface area contributed by atoms with E-state index in [4.69, 9.17) is 0 Å². The van der Waals surface area contributed by atoms with Gasteiger partial charge in [0.2, 0.25) is 0 Å². The van der Waals surface area contributed by atoms with Crippen molar-refractivity contribution in [3.63, 3.8) is 0 Å². The van der Waals surface area contributed by atoms with Crippen LogP contribution in [0.3, 0.4) is 0 Å². The number of nitrogens with one attached hydrogen (secondary N) is 1. The molecule has 0 aromatic heterocycles. The molecule has 1 amide bonds. The average Bonchev–Trinajstić information content (AvgIpc) is 2.24. The lowest BCUT2D eigenvalue weighted by atomic mass is 10.1. The summed E-state index contributed by atoms with van der Waals surface area (Å²) in [6.07, 6.45) is 0.702. The first-order chi connectivity index (χ1) is 7.65. The number of benzene rings is 1. The van der Waals surface area contributed by atoms with E-state index in [2.05, 4.69) is 17.2 Å². The number of hydrogen-bond acceptors (Lipinski definition) is 1. The molecule has 1 aromatic rings. The second kappa shape index (κ2) is 5.97. The van der Waals surface area contributed by atoms with E-state index in [1.165, 1.54) is 5.56 Å². The fourth-order valence-corrected chi connectivity index (χ4v) is 1.53. The largest absolute Gasteiger partial charge is 0.351 e. The number of carbonyl (C=O) groups excluding carboxylic acids is 1. The van der Waals surface area contributed by atoms with Crippen LogP contribution in [-0.2, 0) is 0 Å². The molecular formula is C14H17NO. The highest BCUT2D eigenvalue weighted by Crippen LogP contribution is 2.10. The average molecular weight is 215 g/mol. The molecule has 84 valence electrons. The third-order valence-corrected chi connectivity index (χ3v) is 2.34. The topological polar surface area (TPSA) is 29.1 Å². The van der Waals surface area contributed by atoms with E-state index in [1.54, 1.807) is 6.92 Å². The van der Waals surface area contributed by atoms with Gasteiger partial charge in [0.1, 0.15) is 0 Å². The standard InChI is InChI=1S/C14H17NO/c1-4-5-6-9-15-14(16)13-8-7-11(2)10-12(13)3/h7-8,10H,6,9H2,1-3H3,(H,15,16). The van der Waals surface area contributed by atoms with Gasteiger partial charge in [-0.25, -0.2) is 0 Å².